The Bertz CT molecular complexity index is 1030. The molecule has 0 unspecified atom stereocenters. The Kier molecular flexibility index (Phi) is 5.52. The van der Waals surface area contributed by atoms with Crippen molar-refractivity contribution in [1.82, 2.24) is 24.9 Å². The molecule has 1 fully saturated rings. The van der Waals surface area contributed by atoms with E-state index in [1.807, 2.05) is 4.68 Å². The van der Waals surface area contributed by atoms with Crippen LogP contribution < -0.4 is 0 Å². The maximum atomic E-state index is 13.4. The minimum absolute atomic E-state index is 0. The van der Waals surface area contributed by atoms with E-state index in [0.29, 0.717) is 29.4 Å². The van der Waals surface area contributed by atoms with E-state index in [1.54, 1.807) is 18.3 Å². The Morgan fingerprint density at radius 2 is 2.03 bits per heavy atom. The number of likely N-dealkylation sites (tertiary alicyclic amines) is 1. The zero-order chi connectivity index (χ0) is 19.3. The highest BCUT2D eigenvalue weighted by molar-refractivity contribution is 6.33. The smallest absolute Gasteiger partial charge is 0.212 e. The second kappa shape index (κ2) is 7.95. The van der Waals surface area contributed by atoms with Crippen LogP contribution in [0.15, 0.2) is 36.5 Å². The van der Waals surface area contributed by atoms with Crippen molar-refractivity contribution in [2.75, 3.05) is 13.1 Å². The predicted octanol–water partition coefficient (Wildman–Crippen LogP) is 3.65. The Morgan fingerprint density at radius 3 is 2.79 bits per heavy atom. The second-order valence-electron chi connectivity index (χ2n) is 7.05. The molecule has 2 aliphatic rings. The maximum absolute atomic E-state index is 13.4. The third kappa shape index (κ3) is 3.73. The van der Waals surface area contributed by atoms with Gasteiger partial charge >= 0.3 is 0 Å². The molecule has 1 aromatic carbocycles. The standard InChI is InChI=1S/C19H16ClF2N5O.ClH/c20-14-5-12(21)2-3-13(14)19-16-10-28-17-9-26(8-15(17)27(16)25-24-19)7-11-1-4-18(22)23-6-11;/h1-6,15,17H,7-10H2;1H/t15-,17-;/m1./s1. The van der Waals surface area contributed by atoms with E-state index < -0.39 is 11.8 Å². The monoisotopic (exact) mass is 439 g/mol. The zero-order valence-electron chi connectivity index (χ0n) is 15.1. The summed E-state index contributed by atoms with van der Waals surface area (Å²) in [5.74, 6) is -0.880. The lowest BCUT2D eigenvalue weighted by Crippen LogP contribution is -2.32. The van der Waals surface area contributed by atoms with E-state index in [-0.39, 0.29) is 24.6 Å². The Morgan fingerprint density at radius 1 is 1.17 bits per heavy atom. The summed E-state index contributed by atoms with van der Waals surface area (Å²) in [6, 6.07) is 7.36. The van der Waals surface area contributed by atoms with Crippen LogP contribution in [0.3, 0.4) is 0 Å². The van der Waals surface area contributed by atoms with E-state index in [9.17, 15) is 8.78 Å². The van der Waals surface area contributed by atoms with Gasteiger partial charge in [0.15, 0.2) is 0 Å². The molecule has 2 aromatic heterocycles. The molecule has 0 amide bonds. The molecule has 3 aromatic rings. The molecule has 2 atom stereocenters. The van der Waals surface area contributed by atoms with Crippen LogP contribution in [0.1, 0.15) is 17.3 Å². The minimum atomic E-state index is -0.485. The van der Waals surface area contributed by atoms with Gasteiger partial charge in [0.1, 0.15) is 11.5 Å². The summed E-state index contributed by atoms with van der Waals surface area (Å²) < 4.78 is 34.3. The topological polar surface area (TPSA) is 56.1 Å². The molecule has 5 rings (SSSR count). The first kappa shape index (κ1) is 20.2. The van der Waals surface area contributed by atoms with Crippen molar-refractivity contribution in [3.8, 4) is 11.3 Å². The fourth-order valence-corrected chi connectivity index (χ4v) is 4.17. The molecule has 152 valence electrons. The number of halogens is 4. The summed E-state index contributed by atoms with van der Waals surface area (Å²) >= 11 is 6.20. The molecule has 0 bridgehead atoms. The first-order valence-corrected chi connectivity index (χ1v) is 9.30. The molecule has 4 heterocycles. The number of pyridine rings is 1. The molecule has 6 nitrogen and oxygen atoms in total. The highest BCUT2D eigenvalue weighted by Gasteiger charge is 2.40. The first-order chi connectivity index (χ1) is 13.6. The SMILES string of the molecule is Cl.Fc1ccc(-c2nnn3c2CO[C@@H]2CN(Cc4ccc(F)nc4)C[C@H]23)c(Cl)c1. The molecule has 29 heavy (non-hydrogen) atoms. The van der Waals surface area contributed by atoms with Gasteiger partial charge in [0.05, 0.1) is 29.5 Å². The van der Waals surface area contributed by atoms with Crippen LogP contribution in [-0.2, 0) is 17.9 Å². The summed E-state index contributed by atoms with van der Waals surface area (Å²) in [4.78, 5) is 5.94. The number of benzene rings is 1. The second-order valence-corrected chi connectivity index (χ2v) is 7.46. The van der Waals surface area contributed by atoms with E-state index >= 15 is 0 Å². The third-order valence-corrected chi connectivity index (χ3v) is 5.55. The van der Waals surface area contributed by atoms with Gasteiger partial charge in [-0.1, -0.05) is 22.9 Å². The van der Waals surface area contributed by atoms with Crippen molar-refractivity contribution in [3.05, 3.63) is 64.6 Å². The number of nitrogens with zero attached hydrogens (tertiary/aromatic N) is 5. The number of aromatic nitrogens is 4. The molecule has 1 saturated heterocycles. The van der Waals surface area contributed by atoms with Crippen LogP contribution in [0, 0.1) is 11.8 Å². The fourth-order valence-electron chi connectivity index (χ4n) is 3.91. The largest absolute Gasteiger partial charge is 0.368 e. The maximum Gasteiger partial charge on any atom is 0.212 e. The van der Waals surface area contributed by atoms with Crippen LogP contribution >= 0.6 is 24.0 Å². The van der Waals surface area contributed by atoms with E-state index in [4.69, 9.17) is 16.3 Å². The summed E-state index contributed by atoms with van der Waals surface area (Å²) in [6.45, 7) is 2.50. The van der Waals surface area contributed by atoms with Gasteiger partial charge in [0, 0.05) is 31.4 Å². The number of rotatable bonds is 3. The third-order valence-electron chi connectivity index (χ3n) is 5.23. The van der Waals surface area contributed by atoms with Crippen molar-refractivity contribution in [2.45, 2.75) is 25.3 Å². The predicted molar refractivity (Wildman–Crippen MR) is 105 cm³/mol. The van der Waals surface area contributed by atoms with E-state index in [1.165, 1.54) is 18.2 Å². The molecule has 0 N–H and O–H groups in total. The zero-order valence-corrected chi connectivity index (χ0v) is 16.7. The van der Waals surface area contributed by atoms with E-state index in [2.05, 4.69) is 20.2 Å². The average Bonchev–Trinajstić information content (AvgIpc) is 3.27. The highest BCUT2D eigenvalue weighted by Crippen LogP contribution is 2.36. The lowest BCUT2D eigenvalue weighted by molar-refractivity contribution is -0.00494. The Hall–Kier alpha value is -2.13. The number of hydrogen-bond acceptors (Lipinski definition) is 5. The Balaban J connectivity index is 0.00000205. The van der Waals surface area contributed by atoms with Crippen LogP contribution in [0.5, 0.6) is 0 Å². The molecule has 0 aliphatic carbocycles. The van der Waals surface area contributed by atoms with Crippen molar-refractivity contribution in [1.29, 1.82) is 0 Å². The van der Waals surface area contributed by atoms with Gasteiger partial charge in [-0.05, 0) is 29.8 Å². The number of fused-ring (bicyclic) bond motifs is 3. The lowest BCUT2D eigenvalue weighted by atomic mass is 10.1. The van der Waals surface area contributed by atoms with Gasteiger partial charge in [0.25, 0.3) is 0 Å². The lowest BCUT2D eigenvalue weighted by Gasteiger charge is -2.26. The summed E-state index contributed by atoms with van der Waals surface area (Å²) in [5, 5.41) is 8.93. The molecule has 0 radical (unpaired) electrons. The van der Waals surface area contributed by atoms with Gasteiger partial charge in [-0.3, -0.25) is 4.90 Å². The highest BCUT2D eigenvalue weighted by atomic mass is 35.5. The van der Waals surface area contributed by atoms with Crippen LogP contribution in [0.25, 0.3) is 11.3 Å². The van der Waals surface area contributed by atoms with Gasteiger partial charge in [-0.2, -0.15) is 4.39 Å². The van der Waals surface area contributed by atoms with Crippen molar-refractivity contribution < 1.29 is 13.5 Å². The van der Waals surface area contributed by atoms with Crippen molar-refractivity contribution in [2.24, 2.45) is 0 Å². The molecule has 2 aliphatic heterocycles. The van der Waals surface area contributed by atoms with Crippen LogP contribution in [0.2, 0.25) is 5.02 Å². The minimum Gasteiger partial charge on any atom is -0.368 e. The van der Waals surface area contributed by atoms with Gasteiger partial charge in [0.2, 0.25) is 5.95 Å². The Labute approximate surface area is 176 Å². The first-order valence-electron chi connectivity index (χ1n) is 8.92. The molecule has 0 saturated carbocycles. The number of hydrogen-bond donors (Lipinski definition) is 0. The van der Waals surface area contributed by atoms with Crippen LogP contribution in [0.4, 0.5) is 8.78 Å². The van der Waals surface area contributed by atoms with Gasteiger partial charge in [-0.15, -0.1) is 17.5 Å². The summed E-state index contributed by atoms with van der Waals surface area (Å²) in [6.07, 6.45) is 1.55. The molecular weight excluding hydrogens is 423 g/mol. The molecular formula is C19H17Cl2F2N5O. The molecule has 0 spiro atoms. The number of ether oxygens (including phenoxy) is 1. The summed E-state index contributed by atoms with van der Waals surface area (Å²) in [7, 11) is 0. The normalized spacial score (nSPS) is 20.8. The van der Waals surface area contributed by atoms with Gasteiger partial charge < -0.3 is 4.74 Å². The van der Waals surface area contributed by atoms with Gasteiger partial charge in [-0.25, -0.2) is 14.1 Å². The summed E-state index contributed by atoms with van der Waals surface area (Å²) in [5.41, 5.74) is 3.03. The average molecular weight is 440 g/mol. The van der Waals surface area contributed by atoms with Crippen molar-refractivity contribution in [3.63, 3.8) is 0 Å². The van der Waals surface area contributed by atoms with Crippen molar-refractivity contribution >= 4 is 24.0 Å². The van der Waals surface area contributed by atoms with Crippen LogP contribution in [-0.4, -0.2) is 44.1 Å². The molecule has 10 heteroatoms. The quantitative estimate of drug-likeness (QED) is 0.583. The van der Waals surface area contributed by atoms with E-state index in [0.717, 1.165) is 24.3 Å². The fraction of sp³-hybridized carbons (Fsp3) is 0.316.